The van der Waals surface area contributed by atoms with Gasteiger partial charge < -0.3 is 28.5 Å². The quantitative estimate of drug-likeness (QED) is 0.225. The molecule has 1 aliphatic heterocycles. The van der Waals surface area contributed by atoms with Crippen LogP contribution < -0.4 is 9.47 Å². The van der Waals surface area contributed by atoms with E-state index in [2.05, 4.69) is 11.6 Å². The van der Waals surface area contributed by atoms with Crippen LogP contribution in [0.25, 0.3) is 11.0 Å². The number of hydrogen-bond acceptors (Lipinski definition) is 7. The molecule has 1 N–H and O–H groups in total. The average Bonchev–Trinajstić information content (AvgIpc) is 3.67. The molecule has 3 heterocycles. The molecule has 38 heavy (non-hydrogen) atoms. The summed E-state index contributed by atoms with van der Waals surface area (Å²) in [5.74, 6) is -0.744. The van der Waals surface area contributed by atoms with Gasteiger partial charge in [0.25, 0.3) is 5.91 Å². The third kappa shape index (κ3) is 4.66. The third-order valence-electron chi connectivity index (χ3n) is 6.42. The minimum absolute atomic E-state index is 0.00294. The fourth-order valence-electron chi connectivity index (χ4n) is 4.68. The first-order valence-corrected chi connectivity index (χ1v) is 12.2. The van der Waals surface area contributed by atoms with Gasteiger partial charge in [-0.05, 0) is 36.2 Å². The van der Waals surface area contributed by atoms with E-state index < -0.39 is 23.5 Å². The highest BCUT2D eigenvalue weighted by molar-refractivity contribution is 6.16. The molecule has 9 heteroatoms. The lowest BCUT2D eigenvalue weighted by molar-refractivity contribution is -0.129. The number of furan rings is 1. The van der Waals surface area contributed by atoms with Gasteiger partial charge in [-0.1, -0.05) is 36.9 Å². The molecule has 1 atom stereocenters. The molecule has 4 aromatic rings. The fourth-order valence-corrected chi connectivity index (χ4v) is 4.68. The van der Waals surface area contributed by atoms with Gasteiger partial charge in [0, 0.05) is 30.9 Å². The molecule has 2 aromatic carbocycles. The Balaban J connectivity index is 1.52. The van der Waals surface area contributed by atoms with Gasteiger partial charge in [0.1, 0.15) is 12.4 Å². The number of ether oxygens (including phenoxy) is 2. The second kappa shape index (κ2) is 10.7. The maximum Gasteiger partial charge on any atom is 0.290 e. The Kier molecular flexibility index (Phi) is 6.99. The van der Waals surface area contributed by atoms with Gasteiger partial charge in [-0.25, -0.2) is 4.98 Å². The number of benzene rings is 2. The van der Waals surface area contributed by atoms with E-state index >= 15 is 0 Å². The minimum atomic E-state index is -0.833. The number of aryl methyl sites for hydroxylation is 1. The predicted octanol–water partition coefficient (Wildman–Crippen LogP) is 4.87. The minimum Gasteiger partial charge on any atom is -0.503 e. The molecule has 0 fully saturated rings. The zero-order valence-electron chi connectivity index (χ0n) is 20.9. The molecule has 2 aromatic heterocycles. The molecule has 1 aliphatic rings. The molecular formula is C29H27N3O6. The summed E-state index contributed by atoms with van der Waals surface area (Å²) in [6, 6.07) is 13.2. The number of methoxy groups -OCH3 is 1. The molecule has 0 bridgehead atoms. The van der Waals surface area contributed by atoms with Crippen molar-refractivity contribution in [2.75, 3.05) is 20.3 Å². The van der Waals surface area contributed by atoms with Crippen LogP contribution in [0.15, 0.2) is 95.7 Å². The predicted molar refractivity (Wildman–Crippen MR) is 140 cm³/mol. The Morgan fingerprint density at radius 3 is 2.82 bits per heavy atom. The van der Waals surface area contributed by atoms with Crippen molar-refractivity contribution in [3.05, 3.63) is 103 Å². The number of imidazole rings is 1. The van der Waals surface area contributed by atoms with Crippen molar-refractivity contribution in [3.63, 3.8) is 0 Å². The monoisotopic (exact) mass is 513 g/mol. The first-order valence-electron chi connectivity index (χ1n) is 12.2. The van der Waals surface area contributed by atoms with Gasteiger partial charge in [0.15, 0.2) is 22.9 Å². The largest absolute Gasteiger partial charge is 0.503 e. The van der Waals surface area contributed by atoms with E-state index in [0.29, 0.717) is 54.1 Å². The van der Waals surface area contributed by atoms with Gasteiger partial charge in [0.2, 0.25) is 5.78 Å². The summed E-state index contributed by atoms with van der Waals surface area (Å²) in [5, 5.41) is 11.7. The van der Waals surface area contributed by atoms with Crippen molar-refractivity contribution in [2.45, 2.75) is 19.0 Å². The lowest BCUT2D eigenvalue weighted by atomic mass is 9.94. The van der Waals surface area contributed by atoms with Crippen molar-refractivity contribution in [2.24, 2.45) is 0 Å². The molecule has 5 rings (SSSR count). The number of aliphatic hydroxyl groups excluding tert-OH is 1. The van der Waals surface area contributed by atoms with E-state index in [9.17, 15) is 14.7 Å². The van der Waals surface area contributed by atoms with Crippen LogP contribution in [0.5, 0.6) is 11.5 Å². The first-order chi connectivity index (χ1) is 18.5. The topological polar surface area (TPSA) is 107 Å². The second-order valence-electron chi connectivity index (χ2n) is 8.81. The highest BCUT2D eigenvalue weighted by Gasteiger charge is 2.44. The number of nitrogens with zero attached hydrogens (tertiary/aromatic N) is 3. The van der Waals surface area contributed by atoms with E-state index in [1.807, 2.05) is 10.8 Å². The molecule has 0 aliphatic carbocycles. The van der Waals surface area contributed by atoms with Crippen LogP contribution in [0, 0.1) is 0 Å². The van der Waals surface area contributed by atoms with Crippen molar-refractivity contribution in [1.29, 1.82) is 0 Å². The number of hydrogen-bond donors (Lipinski definition) is 1. The van der Waals surface area contributed by atoms with Gasteiger partial charge in [0.05, 0.1) is 25.1 Å². The number of fused-ring (bicyclic) bond motifs is 1. The van der Waals surface area contributed by atoms with Crippen LogP contribution >= 0.6 is 0 Å². The lowest BCUT2D eigenvalue weighted by Gasteiger charge is -2.27. The van der Waals surface area contributed by atoms with Crippen LogP contribution in [0.1, 0.15) is 28.6 Å². The first kappa shape index (κ1) is 24.9. The van der Waals surface area contributed by atoms with Crippen LogP contribution in [-0.2, 0) is 11.3 Å². The molecular weight excluding hydrogens is 486 g/mol. The molecule has 194 valence electrons. The number of carbonyl (C=O) groups excluding carboxylic acids is 2. The fraction of sp³-hybridized carbons (Fsp3) is 0.207. The van der Waals surface area contributed by atoms with Crippen LogP contribution in [0.3, 0.4) is 0 Å². The Bertz CT molecular complexity index is 1520. The summed E-state index contributed by atoms with van der Waals surface area (Å²) in [6.45, 7) is 4.89. The van der Waals surface area contributed by atoms with Crippen molar-refractivity contribution >= 4 is 22.7 Å². The molecule has 9 nitrogen and oxygen atoms in total. The third-order valence-corrected chi connectivity index (χ3v) is 6.42. The van der Waals surface area contributed by atoms with Crippen LogP contribution in [-0.4, -0.2) is 51.5 Å². The number of Topliss-reactive ketones (excluding diaryl/α,β-unsaturated/α-hetero) is 1. The van der Waals surface area contributed by atoms with Crippen molar-refractivity contribution in [1.82, 2.24) is 14.5 Å². The number of rotatable bonds is 11. The summed E-state index contributed by atoms with van der Waals surface area (Å²) >= 11 is 0. The number of aliphatic hydroxyl groups is 1. The Morgan fingerprint density at radius 2 is 2.05 bits per heavy atom. The van der Waals surface area contributed by atoms with Crippen LogP contribution in [0.2, 0.25) is 0 Å². The van der Waals surface area contributed by atoms with Crippen LogP contribution in [0.4, 0.5) is 0 Å². The number of carbonyl (C=O) groups is 2. The van der Waals surface area contributed by atoms with Crippen molar-refractivity contribution in [3.8, 4) is 11.5 Å². The molecule has 0 saturated carbocycles. The molecule has 1 amide bonds. The highest BCUT2D eigenvalue weighted by atomic mass is 16.5. The summed E-state index contributed by atoms with van der Waals surface area (Å²) in [6.07, 6.45) is 7.44. The lowest BCUT2D eigenvalue weighted by Crippen LogP contribution is -2.32. The number of amides is 1. The van der Waals surface area contributed by atoms with E-state index in [1.54, 1.807) is 67.1 Å². The Hall–Kier alpha value is -4.79. The van der Waals surface area contributed by atoms with E-state index in [-0.39, 0.29) is 11.3 Å². The van der Waals surface area contributed by atoms with E-state index in [1.165, 1.54) is 12.0 Å². The molecule has 0 radical (unpaired) electrons. The molecule has 0 saturated heterocycles. The SMILES string of the molecule is C=CCOc1cccc(C2C(C(=O)c3cc4cccc(OC)c4o3)=C(O)C(=O)N2CCCn2ccnc2)c1. The zero-order chi connectivity index (χ0) is 26.6. The maximum absolute atomic E-state index is 13.8. The van der Waals surface area contributed by atoms with Gasteiger partial charge in [-0.3, -0.25) is 9.59 Å². The maximum atomic E-state index is 13.8. The smallest absolute Gasteiger partial charge is 0.290 e. The molecule has 1 unspecified atom stereocenters. The van der Waals surface area contributed by atoms with E-state index in [0.717, 1.165) is 0 Å². The van der Waals surface area contributed by atoms with Gasteiger partial charge >= 0.3 is 0 Å². The second-order valence-corrected chi connectivity index (χ2v) is 8.81. The van der Waals surface area contributed by atoms with Crippen molar-refractivity contribution < 1.29 is 28.6 Å². The van der Waals surface area contributed by atoms with Gasteiger partial charge in [-0.2, -0.15) is 0 Å². The zero-order valence-corrected chi connectivity index (χ0v) is 20.9. The normalized spacial score (nSPS) is 15.3. The summed E-state index contributed by atoms with van der Waals surface area (Å²) in [4.78, 5) is 32.7. The summed E-state index contributed by atoms with van der Waals surface area (Å²) in [7, 11) is 1.52. The summed E-state index contributed by atoms with van der Waals surface area (Å²) in [5.41, 5.74) is 0.997. The number of aromatic nitrogens is 2. The summed E-state index contributed by atoms with van der Waals surface area (Å²) < 4.78 is 18.8. The van der Waals surface area contributed by atoms with Gasteiger partial charge in [-0.15, -0.1) is 0 Å². The Labute approximate surface area is 219 Å². The van der Waals surface area contributed by atoms with E-state index in [4.69, 9.17) is 13.9 Å². The number of ketones is 1. The highest BCUT2D eigenvalue weighted by Crippen LogP contribution is 2.41. The standard InChI is InChI=1S/C29H27N3O6/c1-3-15-37-21-9-4-7-19(16-21)25-24(26(33)23-17-20-8-5-10-22(36-2)28(20)38-23)27(34)29(35)32(25)13-6-12-31-14-11-30-18-31/h3-5,7-11,14,16-18,25,34H,1,6,12-13,15H2,2H3. The average molecular weight is 514 g/mol. The molecule has 0 spiro atoms. The number of para-hydroxylation sites is 1. The Morgan fingerprint density at radius 1 is 1.21 bits per heavy atom.